The molecule has 0 aliphatic rings. The molecule has 0 atom stereocenters. The number of sulfonamides is 1. The van der Waals surface area contributed by atoms with Gasteiger partial charge in [-0.2, -0.15) is 0 Å². The Balaban J connectivity index is 2.36. The van der Waals surface area contributed by atoms with E-state index in [0.29, 0.717) is 11.4 Å². The van der Waals surface area contributed by atoms with E-state index in [4.69, 9.17) is 5.73 Å². The van der Waals surface area contributed by atoms with Crippen LogP contribution in [0.5, 0.6) is 0 Å². The lowest BCUT2D eigenvalue weighted by atomic mass is 10.1. The van der Waals surface area contributed by atoms with Crippen molar-refractivity contribution in [2.75, 3.05) is 10.5 Å². The highest BCUT2D eigenvalue weighted by Crippen LogP contribution is 2.22. The number of benzene rings is 2. The fraction of sp³-hybridized carbons (Fsp3) is 0.200. The number of nitrogens with one attached hydrogen (secondary N) is 1. The van der Waals surface area contributed by atoms with Gasteiger partial charge in [-0.15, -0.1) is 0 Å². The summed E-state index contributed by atoms with van der Waals surface area (Å²) in [6.07, 6.45) is 0.775. The summed E-state index contributed by atoms with van der Waals surface area (Å²) < 4.78 is 27.3. The summed E-state index contributed by atoms with van der Waals surface area (Å²) in [7, 11) is -3.61. The maximum absolute atomic E-state index is 12.3. The molecule has 3 N–H and O–H groups in total. The third kappa shape index (κ3) is 2.93. The van der Waals surface area contributed by atoms with Crippen LogP contribution in [0.25, 0.3) is 0 Å². The molecule has 4 nitrogen and oxygen atoms in total. The molecule has 0 bridgehead atoms. The van der Waals surface area contributed by atoms with Gasteiger partial charge in [0, 0.05) is 5.69 Å². The summed E-state index contributed by atoms with van der Waals surface area (Å²) in [6.45, 7) is 3.83. The maximum atomic E-state index is 12.3. The first-order chi connectivity index (χ1) is 9.44. The van der Waals surface area contributed by atoms with Gasteiger partial charge in [-0.3, -0.25) is 4.72 Å². The van der Waals surface area contributed by atoms with Gasteiger partial charge < -0.3 is 5.73 Å². The number of hydrogen-bond acceptors (Lipinski definition) is 3. The van der Waals surface area contributed by atoms with Crippen molar-refractivity contribution in [3.05, 3.63) is 53.6 Å². The quantitative estimate of drug-likeness (QED) is 0.850. The van der Waals surface area contributed by atoms with Gasteiger partial charge in [0.1, 0.15) is 0 Å². The molecule has 0 aliphatic heterocycles. The van der Waals surface area contributed by atoms with Crippen LogP contribution < -0.4 is 10.5 Å². The van der Waals surface area contributed by atoms with Crippen LogP contribution >= 0.6 is 0 Å². The SMILES string of the molecule is CCc1ccc(S(=O)(=O)Nc2ccccc2C)cc1N. The Morgan fingerprint density at radius 2 is 1.85 bits per heavy atom. The van der Waals surface area contributed by atoms with Crippen molar-refractivity contribution in [2.24, 2.45) is 0 Å². The van der Waals surface area contributed by atoms with E-state index in [-0.39, 0.29) is 4.90 Å². The van der Waals surface area contributed by atoms with E-state index in [1.54, 1.807) is 24.3 Å². The summed E-state index contributed by atoms with van der Waals surface area (Å²) in [5.41, 5.74) is 8.75. The average Bonchev–Trinajstić information content (AvgIpc) is 2.41. The molecule has 0 heterocycles. The second-order valence-corrected chi connectivity index (χ2v) is 6.32. The molecule has 2 aromatic rings. The highest BCUT2D eigenvalue weighted by molar-refractivity contribution is 7.92. The van der Waals surface area contributed by atoms with Gasteiger partial charge in [-0.05, 0) is 42.7 Å². The minimum Gasteiger partial charge on any atom is -0.398 e. The molecule has 5 heteroatoms. The molecule has 0 amide bonds. The maximum Gasteiger partial charge on any atom is 0.261 e. The predicted molar refractivity (Wildman–Crippen MR) is 82.2 cm³/mol. The third-order valence-corrected chi connectivity index (χ3v) is 4.56. The highest BCUT2D eigenvalue weighted by Gasteiger charge is 2.16. The Kier molecular flexibility index (Phi) is 3.99. The fourth-order valence-corrected chi connectivity index (χ4v) is 3.12. The van der Waals surface area contributed by atoms with Gasteiger partial charge in [0.15, 0.2) is 0 Å². The van der Waals surface area contributed by atoms with Crippen LogP contribution in [0, 0.1) is 6.92 Å². The lowest BCUT2D eigenvalue weighted by Gasteiger charge is -2.12. The van der Waals surface area contributed by atoms with Gasteiger partial charge in [-0.1, -0.05) is 31.2 Å². The first-order valence-electron chi connectivity index (χ1n) is 6.41. The topological polar surface area (TPSA) is 72.2 Å². The number of nitrogen functional groups attached to an aromatic ring is 1. The number of para-hydroxylation sites is 1. The molecular formula is C15H18N2O2S. The molecule has 0 saturated carbocycles. The molecule has 0 fully saturated rings. The van der Waals surface area contributed by atoms with Crippen molar-refractivity contribution in [1.82, 2.24) is 0 Å². The fourth-order valence-electron chi connectivity index (χ4n) is 1.95. The Bertz CT molecular complexity index is 724. The summed E-state index contributed by atoms with van der Waals surface area (Å²) >= 11 is 0. The van der Waals surface area contributed by atoms with Gasteiger partial charge in [0.05, 0.1) is 10.6 Å². The lowest BCUT2D eigenvalue weighted by Crippen LogP contribution is -2.14. The minimum absolute atomic E-state index is 0.176. The normalized spacial score (nSPS) is 11.3. The molecular weight excluding hydrogens is 272 g/mol. The van der Waals surface area contributed by atoms with E-state index in [0.717, 1.165) is 17.5 Å². The molecule has 20 heavy (non-hydrogen) atoms. The number of rotatable bonds is 4. The number of nitrogens with two attached hydrogens (primary N) is 1. The van der Waals surface area contributed by atoms with E-state index < -0.39 is 10.0 Å². The van der Waals surface area contributed by atoms with Crippen LogP contribution in [0.3, 0.4) is 0 Å². The third-order valence-electron chi connectivity index (χ3n) is 3.20. The molecule has 0 radical (unpaired) electrons. The van der Waals surface area contributed by atoms with E-state index in [9.17, 15) is 8.42 Å². The molecule has 0 unspecified atom stereocenters. The average molecular weight is 290 g/mol. The van der Waals surface area contributed by atoms with Crippen molar-refractivity contribution >= 4 is 21.4 Å². The first-order valence-corrected chi connectivity index (χ1v) is 7.89. The second-order valence-electron chi connectivity index (χ2n) is 4.63. The van der Waals surface area contributed by atoms with Crippen LogP contribution in [-0.4, -0.2) is 8.42 Å². The highest BCUT2D eigenvalue weighted by atomic mass is 32.2. The van der Waals surface area contributed by atoms with Crippen LogP contribution in [-0.2, 0) is 16.4 Å². The Hall–Kier alpha value is -2.01. The smallest absolute Gasteiger partial charge is 0.261 e. The summed E-state index contributed by atoms with van der Waals surface area (Å²) in [4.78, 5) is 0.176. The van der Waals surface area contributed by atoms with Crippen LogP contribution in [0.4, 0.5) is 11.4 Å². The summed E-state index contributed by atoms with van der Waals surface area (Å²) in [6, 6.07) is 12.1. The van der Waals surface area contributed by atoms with Crippen molar-refractivity contribution in [3.63, 3.8) is 0 Å². The standard InChI is InChI=1S/C15H18N2O2S/c1-3-12-8-9-13(10-14(12)16)20(18,19)17-15-7-5-4-6-11(15)2/h4-10,17H,3,16H2,1-2H3. The van der Waals surface area contributed by atoms with E-state index in [2.05, 4.69) is 4.72 Å². The summed E-state index contributed by atoms with van der Waals surface area (Å²) in [5, 5.41) is 0. The zero-order valence-corrected chi connectivity index (χ0v) is 12.4. The molecule has 0 aliphatic carbocycles. The molecule has 0 aromatic heterocycles. The number of hydrogen-bond donors (Lipinski definition) is 2. The van der Waals surface area contributed by atoms with Gasteiger partial charge >= 0.3 is 0 Å². The Morgan fingerprint density at radius 3 is 2.45 bits per heavy atom. The van der Waals surface area contributed by atoms with Gasteiger partial charge in [0.25, 0.3) is 10.0 Å². The van der Waals surface area contributed by atoms with Crippen molar-refractivity contribution < 1.29 is 8.42 Å². The Labute approximate surface area is 119 Å². The van der Waals surface area contributed by atoms with Gasteiger partial charge in [-0.25, -0.2) is 8.42 Å². The van der Waals surface area contributed by atoms with Crippen LogP contribution in [0.1, 0.15) is 18.1 Å². The monoisotopic (exact) mass is 290 g/mol. The van der Waals surface area contributed by atoms with Crippen LogP contribution in [0.15, 0.2) is 47.4 Å². The summed E-state index contributed by atoms with van der Waals surface area (Å²) in [5.74, 6) is 0. The molecule has 2 rings (SSSR count). The zero-order valence-electron chi connectivity index (χ0n) is 11.6. The minimum atomic E-state index is -3.61. The molecule has 2 aromatic carbocycles. The van der Waals surface area contributed by atoms with Crippen molar-refractivity contribution in [2.45, 2.75) is 25.2 Å². The van der Waals surface area contributed by atoms with E-state index >= 15 is 0 Å². The number of aryl methyl sites for hydroxylation is 2. The van der Waals surface area contributed by atoms with Crippen LogP contribution in [0.2, 0.25) is 0 Å². The largest absolute Gasteiger partial charge is 0.398 e. The lowest BCUT2D eigenvalue weighted by molar-refractivity contribution is 0.601. The van der Waals surface area contributed by atoms with E-state index in [1.165, 1.54) is 6.07 Å². The number of anilines is 2. The predicted octanol–water partition coefficient (Wildman–Crippen LogP) is 2.94. The Morgan fingerprint density at radius 1 is 1.15 bits per heavy atom. The van der Waals surface area contributed by atoms with Crippen molar-refractivity contribution in [1.29, 1.82) is 0 Å². The second kappa shape index (κ2) is 5.54. The van der Waals surface area contributed by atoms with E-state index in [1.807, 2.05) is 26.0 Å². The molecule has 0 spiro atoms. The first kappa shape index (κ1) is 14.4. The van der Waals surface area contributed by atoms with Crippen molar-refractivity contribution in [3.8, 4) is 0 Å². The zero-order chi connectivity index (χ0) is 14.8. The van der Waals surface area contributed by atoms with Gasteiger partial charge in [0.2, 0.25) is 0 Å². The molecule has 106 valence electrons. The molecule has 0 saturated heterocycles.